The molecule has 0 heterocycles. The molecule has 0 amide bonds. The predicted molar refractivity (Wildman–Crippen MR) is 83.3 cm³/mol. The van der Waals surface area contributed by atoms with Crippen LogP contribution in [0.4, 0.5) is 0 Å². The summed E-state index contributed by atoms with van der Waals surface area (Å²) in [5.74, 6) is 1.33. The highest BCUT2D eigenvalue weighted by Crippen LogP contribution is 2.32. The molecule has 0 aliphatic carbocycles. The highest BCUT2D eigenvalue weighted by atomic mass is 16.7. The van der Waals surface area contributed by atoms with Crippen LogP contribution in [0.15, 0.2) is 12.1 Å². The second-order valence-electron chi connectivity index (χ2n) is 5.61. The molecule has 0 unspecified atom stereocenters. The molecule has 0 atom stereocenters. The number of rotatable bonds is 9. The van der Waals surface area contributed by atoms with Crippen molar-refractivity contribution in [2.45, 2.75) is 39.5 Å². The molecule has 21 heavy (non-hydrogen) atoms. The summed E-state index contributed by atoms with van der Waals surface area (Å²) in [5.41, 5.74) is 2.76. The van der Waals surface area contributed by atoms with Crippen molar-refractivity contribution in [3.05, 3.63) is 28.8 Å². The molecule has 0 saturated heterocycles. The van der Waals surface area contributed by atoms with E-state index in [1.54, 1.807) is 7.11 Å². The fourth-order valence-electron chi connectivity index (χ4n) is 2.11. The van der Waals surface area contributed by atoms with Gasteiger partial charge in [-0.1, -0.05) is 27.7 Å². The third-order valence-corrected chi connectivity index (χ3v) is 3.32. The molecular formula is C17H26O4. The van der Waals surface area contributed by atoms with Gasteiger partial charge in [-0.3, -0.25) is 4.79 Å². The fourth-order valence-corrected chi connectivity index (χ4v) is 2.11. The Hall–Kier alpha value is -1.39. The van der Waals surface area contributed by atoms with E-state index in [9.17, 15) is 4.79 Å². The number of aldehydes is 1. The van der Waals surface area contributed by atoms with E-state index in [1.165, 1.54) is 0 Å². The molecule has 4 heteroatoms. The lowest BCUT2D eigenvalue weighted by molar-refractivity contribution is -0.00898. The molecule has 0 radical (unpaired) electrons. The predicted octanol–water partition coefficient (Wildman–Crippen LogP) is 3.75. The van der Waals surface area contributed by atoms with Crippen molar-refractivity contribution >= 4 is 6.29 Å². The number of ether oxygens (including phenoxy) is 3. The number of benzene rings is 1. The Labute approximate surface area is 127 Å². The van der Waals surface area contributed by atoms with Gasteiger partial charge >= 0.3 is 0 Å². The van der Waals surface area contributed by atoms with Crippen LogP contribution in [0.5, 0.6) is 5.75 Å². The molecule has 0 fully saturated rings. The zero-order valence-electron chi connectivity index (χ0n) is 13.6. The van der Waals surface area contributed by atoms with Gasteiger partial charge in [0, 0.05) is 12.7 Å². The summed E-state index contributed by atoms with van der Waals surface area (Å²) >= 11 is 0. The first kappa shape index (κ1) is 17.7. The molecule has 1 aromatic carbocycles. The van der Waals surface area contributed by atoms with Crippen LogP contribution < -0.4 is 4.74 Å². The number of carbonyl (C=O) groups excluding carboxylic acids is 1. The maximum atomic E-state index is 11.3. The van der Waals surface area contributed by atoms with Gasteiger partial charge in [-0.15, -0.1) is 0 Å². The van der Waals surface area contributed by atoms with Gasteiger partial charge in [0.1, 0.15) is 12.0 Å². The topological polar surface area (TPSA) is 44.8 Å². The third-order valence-electron chi connectivity index (χ3n) is 3.32. The smallest absolute Gasteiger partial charge is 0.189 e. The van der Waals surface area contributed by atoms with Gasteiger partial charge in [0.15, 0.2) is 6.79 Å². The van der Waals surface area contributed by atoms with Crippen molar-refractivity contribution in [3.63, 3.8) is 0 Å². The second-order valence-corrected chi connectivity index (χ2v) is 5.61. The highest BCUT2D eigenvalue weighted by Gasteiger charge is 2.15. The average molecular weight is 294 g/mol. The lowest BCUT2D eigenvalue weighted by Crippen LogP contribution is -2.10. The molecule has 1 rings (SSSR count). The molecule has 1 aromatic rings. The minimum Gasteiger partial charge on any atom is -0.467 e. The fraction of sp³-hybridized carbons (Fsp3) is 0.588. The molecule has 0 saturated carbocycles. The van der Waals surface area contributed by atoms with Crippen molar-refractivity contribution in [1.82, 2.24) is 0 Å². The van der Waals surface area contributed by atoms with Crippen LogP contribution in [0.25, 0.3) is 0 Å². The quantitative estimate of drug-likeness (QED) is 0.395. The summed E-state index contributed by atoms with van der Waals surface area (Å²) < 4.78 is 16.0. The molecular weight excluding hydrogens is 268 g/mol. The standard InChI is InChI=1S/C17H26O4/c1-12(2)15-9-17(21-11-20-7-6-19-5)16(13(3)4)8-14(15)10-18/h8-10,12-13H,6-7,11H2,1-5H3. The van der Waals surface area contributed by atoms with Crippen LogP contribution >= 0.6 is 0 Å². The average Bonchev–Trinajstić information content (AvgIpc) is 2.45. The Morgan fingerprint density at radius 1 is 1.05 bits per heavy atom. The Balaban J connectivity index is 2.93. The minimum atomic E-state index is 0.182. The van der Waals surface area contributed by atoms with Crippen LogP contribution in [0.3, 0.4) is 0 Å². The number of hydrogen-bond acceptors (Lipinski definition) is 4. The van der Waals surface area contributed by atoms with E-state index in [0.717, 1.165) is 28.7 Å². The molecule has 4 nitrogen and oxygen atoms in total. The lowest BCUT2D eigenvalue weighted by Gasteiger charge is -2.18. The summed E-state index contributed by atoms with van der Waals surface area (Å²) in [7, 11) is 1.63. The highest BCUT2D eigenvalue weighted by molar-refractivity contribution is 5.79. The Kier molecular flexibility index (Phi) is 7.40. The number of hydrogen-bond donors (Lipinski definition) is 0. The Morgan fingerprint density at radius 3 is 2.24 bits per heavy atom. The summed E-state index contributed by atoms with van der Waals surface area (Å²) in [6.07, 6.45) is 0.917. The molecule has 0 aliphatic heterocycles. The van der Waals surface area contributed by atoms with E-state index in [2.05, 4.69) is 27.7 Å². The van der Waals surface area contributed by atoms with Gasteiger partial charge < -0.3 is 14.2 Å². The molecule has 0 aliphatic rings. The largest absolute Gasteiger partial charge is 0.467 e. The van der Waals surface area contributed by atoms with Crippen LogP contribution in [0.2, 0.25) is 0 Å². The maximum Gasteiger partial charge on any atom is 0.189 e. The van der Waals surface area contributed by atoms with Crippen LogP contribution in [-0.2, 0) is 9.47 Å². The second kappa shape index (κ2) is 8.80. The van der Waals surface area contributed by atoms with E-state index >= 15 is 0 Å². The van der Waals surface area contributed by atoms with Gasteiger partial charge in [0.25, 0.3) is 0 Å². The van der Waals surface area contributed by atoms with Gasteiger partial charge in [-0.05, 0) is 35.1 Å². The normalized spacial score (nSPS) is 11.2. The van der Waals surface area contributed by atoms with Crippen molar-refractivity contribution in [3.8, 4) is 5.75 Å². The molecule has 0 N–H and O–H groups in total. The van der Waals surface area contributed by atoms with Crippen molar-refractivity contribution in [2.24, 2.45) is 0 Å². The van der Waals surface area contributed by atoms with Gasteiger partial charge in [-0.2, -0.15) is 0 Å². The Morgan fingerprint density at radius 2 is 1.71 bits per heavy atom. The summed E-state index contributed by atoms with van der Waals surface area (Å²) in [5, 5.41) is 0. The van der Waals surface area contributed by atoms with E-state index in [-0.39, 0.29) is 18.6 Å². The zero-order chi connectivity index (χ0) is 15.8. The third kappa shape index (κ3) is 5.14. The number of carbonyl (C=O) groups is 1. The van der Waals surface area contributed by atoms with E-state index in [4.69, 9.17) is 14.2 Å². The SMILES string of the molecule is COCCOCOc1cc(C(C)C)c(C=O)cc1C(C)C. The van der Waals surface area contributed by atoms with Gasteiger partial charge in [0.05, 0.1) is 13.2 Å². The first-order chi connectivity index (χ1) is 10.0. The monoisotopic (exact) mass is 294 g/mol. The van der Waals surface area contributed by atoms with Gasteiger partial charge in [0.2, 0.25) is 0 Å². The van der Waals surface area contributed by atoms with Crippen molar-refractivity contribution in [1.29, 1.82) is 0 Å². The molecule has 0 bridgehead atoms. The first-order valence-corrected chi connectivity index (χ1v) is 7.33. The Bertz CT molecular complexity index is 452. The van der Waals surface area contributed by atoms with Gasteiger partial charge in [-0.25, -0.2) is 0 Å². The first-order valence-electron chi connectivity index (χ1n) is 7.33. The minimum absolute atomic E-state index is 0.182. The lowest BCUT2D eigenvalue weighted by atomic mass is 9.91. The summed E-state index contributed by atoms with van der Waals surface area (Å²) in [6.45, 7) is 9.52. The molecule has 0 aromatic heterocycles. The van der Waals surface area contributed by atoms with Crippen LogP contribution in [0, 0.1) is 0 Å². The van der Waals surface area contributed by atoms with Crippen molar-refractivity contribution < 1.29 is 19.0 Å². The van der Waals surface area contributed by atoms with Crippen molar-refractivity contribution in [2.75, 3.05) is 27.1 Å². The zero-order valence-corrected chi connectivity index (χ0v) is 13.6. The van der Waals surface area contributed by atoms with E-state index in [1.807, 2.05) is 12.1 Å². The number of methoxy groups -OCH3 is 1. The summed E-state index contributed by atoms with van der Waals surface area (Å²) in [4.78, 5) is 11.3. The maximum absolute atomic E-state index is 11.3. The summed E-state index contributed by atoms with van der Waals surface area (Å²) in [6, 6.07) is 3.89. The van der Waals surface area contributed by atoms with Crippen LogP contribution in [-0.4, -0.2) is 33.4 Å². The molecule has 0 spiro atoms. The molecule has 118 valence electrons. The van der Waals surface area contributed by atoms with Crippen LogP contribution in [0.1, 0.15) is 61.0 Å². The van der Waals surface area contributed by atoms with E-state index in [0.29, 0.717) is 13.2 Å². The van der Waals surface area contributed by atoms with E-state index < -0.39 is 0 Å².